The maximum atomic E-state index is 11.2. The van der Waals surface area contributed by atoms with Crippen LogP contribution in [-0.4, -0.2) is 24.6 Å². The van der Waals surface area contributed by atoms with Gasteiger partial charge in [0.25, 0.3) is 0 Å². The molecule has 0 heterocycles. The van der Waals surface area contributed by atoms with Gasteiger partial charge in [-0.15, -0.1) is 0 Å². The Labute approximate surface area is 97.3 Å². The molecule has 0 rings (SSSR count). The Morgan fingerprint density at radius 1 is 1.00 bits per heavy atom. The highest BCUT2D eigenvalue weighted by Gasteiger charge is 2.14. The molecule has 16 heavy (non-hydrogen) atoms. The fourth-order valence-electron chi connectivity index (χ4n) is 1.15. The molecule has 0 N–H and O–H groups in total. The predicted molar refractivity (Wildman–Crippen MR) is 60.9 cm³/mol. The van der Waals surface area contributed by atoms with Crippen LogP contribution in [0, 0.1) is 0 Å². The Morgan fingerprint density at radius 3 is 2.06 bits per heavy atom. The summed E-state index contributed by atoms with van der Waals surface area (Å²) >= 11 is 0. The van der Waals surface area contributed by atoms with E-state index in [-0.39, 0.29) is 24.6 Å². The first-order valence-electron chi connectivity index (χ1n) is 5.99. The third kappa shape index (κ3) is 7.26. The second-order valence-corrected chi connectivity index (χ2v) is 3.70. The molecule has 0 aromatic heterocycles. The van der Waals surface area contributed by atoms with Gasteiger partial charge < -0.3 is 9.47 Å². The zero-order chi connectivity index (χ0) is 12.4. The lowest BCUT2D eigenvalue weighted by atomic mass is 10.3. The van der Waals surface area contributed by atoms with Gasteiger partial charge in [0.1, 0.15) is 12.7 Å². The lowest BCUT2D eigenvalue weighted by Gasteiger charge is -2.15. The van der Waals surface area contributed by atoms with Crippen LogP contribution in [0.5, 0.6) is 0 Å². The molecule has 0 saturated heterocycles. The van der Waals surface area contributed by atoms with E-state index in [1.54, 1.807) is 0 Å². The Hall–Kier alpha value is -1.06. The number of ether oxygens (including phenoxy) is 2. The summed E-state index contributed by atoms with van der Waals surface area (Å²) in [4.78, 5) is 22.3. The SMILES string of the molecule is CCCC(=O)OC[C@@H](CC)OC(=O)CCC. The molecule has 0 aromatic rings. The van der Waals surface area contributed by atoms with Gasteiger partial charge in [0, 0.05) is 12.8 Å². The minimum atomic E-state index is -0.306. The molecule has 0 saturated carbocycles. The van der Waals surface area contributed by atoms with Crippen LogP contribution in [0.4, 0.5) is 0 Å². The topological polar surface area (TPSA) is 52.6 Å². The quantitative estimate of drug-likeness (QED) is 0.601. The summed E-state index contributed by atoms with van der Waals surface area (Å²) in [5.41, 5.74) is 0. The highest BCUT2D eigenvalue weighted by atomic mass is 16.6. The first-order valence-corrected chi connectivity index (χ1v) is 5.99. The maximum Gasteiger partial charge on any atom is 0.306 e. The van der Waals surface area contributed by atoms with E-state index in [9.17, 15) is 9.59 Å². The molecule has 4 nitrogen and oxygen atoms in total. The smallest absolute Gasteiger partial charge is 0.306 e. The molecule has 1 atom stereocenters. The summed E-state index contributed by atoms with van der Waals surface area (Å²) in [5.74, 6) is -0.451. The van der Waals surface area contributed by atoms with E-state index in [1.807, 2.05) is 20.8 Å². The average molecular weight is 230 g/mol. The van der Waals surface area contributed by atoms with E-state index in [0.717, 1.165) is 12.8 Å². The summed E-state index contributed by atoms with van der Waals surface area (Å²) in [7, 11) is 0. The normalized spacial score (nSPS) is 11.9. The minimum absolute atomic E-state index is 0.171. The molecule has 0 aliphatic carbocycles. The third-order valence-electron chi connectivity index (χ3n) is 2.09. The Kier molecular flexibility index (Phi) is 8.58. The Morgan fingerprint density at radius 2 is 1.56 bits per heavy atom. The molecule has 0 spiro atoms. The molecule has 0 fully saturated rings. The van der Waals surface area contributed by atoms with Gasteiger partial charge in [-0.25, -0.2) is 0 Å². The first kappa shape index (κ1) is 14.9. The summed E-state index contributed by atoms with van der Waals surface area (Å²) in [6, 6.07) is 0. The molecule has 0 amide bonds. The Balaban J connectivity index is 3.82. The van der Waals surface area contributed by atoms with Crippen molar-refractivity contribution >= 4 is 11.9 Å². The maximum absolute atomic E-state index is 11.2. The fourth-order valence-corrected chi connectivity index (χ4v) is 1.15. The molecule has 0 bridgehead atoms. The van der Waals surface area contributed by atoms with Gasteiger partial charge in [-0.2, -0.15) is 0 Å². The standard InChI is InChI=1S/C12H22O4/c1-4-7-11(13)15-9-10(6-3)16-12(14)8-5-2/h10H,4-9H2,1-3H3/t10-/m1/s1. The van der Waals surface area contributed by atoms with E-state index < -0.39 is 0 Å². The molecule has 4 heteroatoms. The summed E-state index contributed by atoms with van der Waals surface area (Å²) in [5, 5.41) is 0. The highest BCUT2D eigenvalue weighted by molar-refractivity contribution is 5.70. The summed E-state index contributed by atoms with van der Waals surface area (Å²) in [6.07, 6.45) is 2.73. The van der Waals surface area contributed by atoms with Gasteiger partial charge in [-0.1, -0.05) is 20.8 Å². The largest absolute Gasteiger partial charge is 0.462 e. The highest BCUT2D eigenvalue weighted by Crippen LogP contribution is 2.04. The van der Waals surface area contributed by atoms with Gasteiger partial charge in [-0.05, 0) is 19.3 Å². The molecule has 0 radical (unpaired) electrons. The second-order valence-electron chi connectivity index (χ2n) is 3.70. The lowest BCUT2D eigenvalue weighted by molar-refractivity contribution is -0.159. The van der Waals surface area contributed by atoms with Crippen LogP contribution < -0.4 is 0 Å². The molecule has 0 unspecified atom stereocenters. The van der Waals surface area contributed by atoms with Crippen LogP contribution in [0.1, 0.15) is 52.9 Å². The van der Waals surface area contributed by atoms with Gasteiger partial charge >= 0.3 is 11.9 Å². The monoisotopic (exact) mass is 230 g/mol. The van der Waals surface area contributed by atoms with Crippen LogP contribution in [-0.2, 0) is 19.1 Å². The number of hydrogen-bond acceptors (Lipinski definition) is 4. The second kappa shape index (κ2) is 9.19. The summed E-state index contributed by atoms with van der Waals surface area (Å²) < 4.78 is 10.2. The lowest BCUT2D eigenvalue weighted by Crippen LogP contribution is -2.24. The molecular formula is C12H22O4. The van der Waals surface area contributed by atoms with Crippen LogP contribution >= 0.6 is 0 Å². The van der Waals surface area contributed by atoms with E-state index in [0.29, 0.717) is 19.3 Å². The van der Waals surface area contributed by atoms with Crippen molar-refractivity contribution in [1.29, 1.82) is 0 Å². The van der Waals surface area contributed by atoms with Crippen molar-refractivity contribution in [2.24, 2.45) is 0 Å². The zero-order valence-electron chi connectivity index (χ0n) is 10.5. The molecule has 94 valence electrons. The van der Waals surface area contributed by atoms with Crippen molar-refractivity contribution in [2.75, 3.05) is 6.61 Å². The van der Waals surface area contributed by atoms with Gasteiger partial charge in [0.15, 0.2) is 0 Å². The first-order chi connectivity index (χ1) is 7.63. The predicted octanol–water partition coefficient (Wildman–Crippen LogP) is 2.45. The number of carbonyl (C=O) groups is 2. The number of rotatable bonds is 8. The van der Waals surface area contributed by atoms with E-state index in [4.69, 9.17) is 9.47 Å². The van der Waals surface area contributed by atoms with Crippen molar-refractivity contribution in [3.63, 3.8) is 0 Å². The summed E-state index contributed by atoms with van der Waals surface area (Å²) in [6.45, 7) is 5.91. The molecule has 0 aromatic carbocycles. The van der Waals surface area contributed by atoms with E-state index in [2.05, 4.69) is 0 Å². The zero-order valence-corrected chi connectivity index (χ0v) is 10.5. The number of hydrogen-bond donors (Lipinski definition) is 0. The Bertz CT molecular complexity index is 213. The number of carbonyl (C=O) groups excluding carboxylic acids is 2. The van der Waals surface area contributed by atoms with Gasteiger partial charge in [0.2, 0.25) is 0 Å². The van der Waals surface area contributed by atoms with Crippen molar-refractivity contribution < 1.29 is 19.1 Å². The molecule has 0 aliphatic heterocycles. The van der Waals surface area contributed by atoms with Crippen molar-refractivity contribution in [3.05, 3.63) is 0 Å². The average Bonchev–Trinajstić information content (AvgIpc) is 2.25. The fraction of sp³-hybridized carbons (Fsp3) is 0.833. The molecule has 0 aliphatic rings. The van der Waals surface area contributed by atoms with Crippen LogP contribution in [0.2, 0.25) is 0 Å². The molecular weight excluding hydrogens is 208 g/mol. The van der Waals surface area contributed by atoms with E-state index in [1.165, 1.54) is 0 Å². The van der Waals surface area contributed by atoms with Crippen LogP contribution in [0.15, 0.2) is 0 Å². The van der Waals surface area contributed by atoms with Gasteiger partial charge in [-0.3, -0.25) is 9.59 Å². The van der Waals surface area contributed by atoms with Crippen LogP contribution in [0.25, 0.3) is 0 Å². The minimum Gasteiger partial charge on any atom is -0.462 e. The van der Waals surface area contributed by atoms with Crippen molar-refractivity contribution in [1.82, 2.24) is 0 Å². The van der Waals surface area contributed by atoms with Gasteiger partial charge in [0.05, 0.1) is 0 Å². The van der Waals surface area contributed by atoms with Crippen molar-refractivity contribution in [3.8, 4) is 0 Å². The van der Waals surface area contributed by atoms with Crippen molar-refractivity contribution in [2.45, 2.75) is 59.0 Å². The van der Waals surface area contributed by atoms with Crippen LogP contribution in [0.3, 0.4) is 0 Å². The van der Waals surface area contributed by atoms with E-state index >= 15 is 0 Å². The number of esters is 2. The third-order valence-corrected chi connectivity index (χ3v) is 2.09.